The van der Waals surface area contributed by atoms with Crippen molar-refractivity contribution >= 4 is 61.1 Å². The number of anilines is 5. The minimum atomic E-state index is 0.374. The minimum Gasteiger partial charge on any atom is -0.311 e. The SMILES string of the molecule is C1=CCCC(c2ccc(N(C3=CCC(c4ccccc4)C=C3)c3ccc(-c4ccc(N(c5ccc(C6=CCCC=C6)cc5)c5ccc6c(ccc7ccccc76)c5)cc4)cc3)cc2)=C1. The average molecular weight is 823 g/mol. The maximum absolute atomic E-state index is 2.40. The molecule has 8 aromatic carbocycles. The molecule has 2 heteroatoms. The molecule has 0 bridgehead atoms. The van der Waals surface area contributed by atoms with Crippen molar-refractivity contribution in [1.82, 2.24) is 0 Å². The molecule has 308 valence electrons. The summed E-state index contributed by atoms with van der Waals surface area (Å²) >= 11 is 0. The maximum Gasteiger partial charge on any atom is 0.0468 e. The third kappa shape index (κ3) is 7.96. The molecule has 0 heterocycles. The molecule has 0 spiro atoms. The van der Waals surface area contributed by atoms with Crippen molar-refractivity contribution in [2.75, 3.05) is 9.80 Å². The molecule has 1 unspecified atom stereocenters. The molecule has 11 rings (SSSR count). The Bertz CT molecular complexity index is 3140. The predicted octanol–water partition coefficient (Wildman–Crippen LogP) is 17.4. The van der Waals surface area contributed by atoms with E-state index in [1.54, 1.807) is 0 Å². The van der Waals surface area contributed by atoms with Crippen LogP contribution in [0.4, 0.5) is 28.4 Å². The molecule has 0 saturated heterocycles. The van der Waals surface area contributed by atoms with Crippen LogP contribution in [0, 0.1) is 0 Å². The molecule has 2 nitrogen and oxygen atoms in total. The van der Waals surface area contributed by atoms with Gasteiger partial charge in [-0.2, -0.15) is 0 Å². The van der Waals surface area contributed by atoms with E-state index in [4.69, 9.17) is 0 Å². The first-order chi connectivity index (χ1) is 31.7. The summed E-state index contributed by atoms with van der Waals surface area (Å²) in [6.07, 6.45) is 26.0. The van der Waals surface area contributed by atoms with Crippen LogP contribution in [0.2, 0.25) is 0 Å². The zero-order chi connectivity index (χ0) is 42.7. The highest BCUT2D eigenvalue weighted by Crippen LogP contribution is 2.41. The van der Waals surface area contributed by atoms with Gasteiger partial charge in [-0.25, -0.2) is 0 Å². The molecule has 0 aliphatic heterocycles. The van der Waals surface area contributed by atoms with E-state index in [0.717, 1.165) is 60.5 Å². The summed E-state index contributed by atoms with van der Waals surface area (Å²) < 4.78 is 0. The highest BCUT2D eigenvalue weighted by Gasteiger charge is 2.20. The lowest BCUT2D eigenvalue weighted by Crippen LogP contribution is -2.17. The van der Waals surface area contributed by atoms with Gasteiger partial charge in [0.25, 0.3) is 0 Å². The van der Waals surface area contributed by atoms with Crippen LogP contribution in [0.25, 0.3) is 43.8 Å². The van der Waals surface area contributed by atoms with E-state index in [0.29, 0.717) is 5.92 Å². The molecule has 0 radical (unpaired) electrons. The van der Waals surface area contributed by atoms with Crippen molar-refractivity contribution in [2.24, 2.45) is 0 Å². The quantitative estimate of drug-likeness (QED) is 0.127. The van der Waals surface area contributed by atoms with E-state index in [-0.39, 0.29) is 0 Å². The van der Waals surface area contributed by atoms with Gasteiger partial charge >= 0.3 is 0 Å². The van der Waals surface area contributed by atoms with Crippen molar-refractivity contribution in [1.29, 1.82) is 0 Å². The van der Waals surface area contributed by atoms with E-state index >= 15 is 0 Å². The number of nitrogens with zero attached hydrogens (tertiary/aromatic N) is 2. The largest absolute Gasteiger partial charge is 0.311 e. The first-order valence-corrected chi connectivity index (χ1v) is 22.8. The molecule has 1 atom stereocenters. The molecule has 0 fully saturated rings. The first kappa shape index (κ1) is 39.2. The molecule has 3 aliphatic carbocycles. The van der Waals surface area contributed by atoms with Crippen molar-refractivity contribution < 1.29 is 0 Å². The second kappa shape index (κ2) is 17.6. The van der Waals surface area contributed by atoms with E-state index in [1.807, 2.05) is 0 Å². The van der Waals surface area contributed by atoms with Gasteiger partial charge in [-0.3, -0.25) is 0 Å². The predicted molar refractivity (Wildman–Crippen MR) is 274 cm³/mol. The summed E-state index contributed by atoms with van der Waals surface area (Å²) in [5.41, 5.74) is 15.8. The van der Waals surface area contributed by atoms with Crippen LogP contribution < -0.4 is 9.80 Å². The summed E-state index contributed by atoms with van der Waals surface area (Å²) in [6.45, 7) is 0. The zero-order valence-corrected chi connectivity index (χ0v) is 36.0. The van der Waals surface area contributed by atoms with Crippen LogP contribution in [0.3, 0.4) is 0 Å². The van der Waals surface area contributed by atoms with Crippen molar-refractivity contribution in [3.8, 4) is 11.1 Å². The van der Waals surface area contributed by atoms with E-state index in [1.165, 1.54) is 66.2 Å². The van der Waals surface area contributed by atoms with Gasteiger partial charge in [0.05, 0.1) is 0 Å². The van der Waals surface area contributed by atoms with Crippen LogP contribution in [-0.4, -0.2) is 0 Å². The van der Waals surface area contributed by atoms with Gasteiger partial charge in [0.15, 0.2) is 0 Å². The number of benzene rings is 8. The Hall–Kier alpha value is -7.68. The highest BCUT2D eigenvalue weighted by atomic mass is 15.1. The summed E-state index contributed by atoms with van der Waals surface area (Å²) in [4.78, 5) is 4.79. The second-order valence-electron chi connectivity index (χ2n) is 17.1. The molecule has 0 amide bonds. The Morgan fingerprint density at radius 1 is 0.422 bits per heavy atom. The van der Waals surface area contributed by atoms with Crippen LogP contribution in [0.5, 0.6) is 0 Å². The number of hydrogen-bond donors (Lipinski definition) is 0. The summed E-state index contributed by atoms with van der Waals surface area (Å²) in [6, 6.07) is 67.2. The number of rotatable bonds is 10. The lowest BCUT2D eigenvalue weighted by Gasteiger charge is -2.29. The van der Waals surface area contributed by atoms with Gasteiger partial charge in [0.2, 0.25) is 0 Å². The standard InChI is InChI=1S/C62H50N2/c1-4-12-45(13-5-1)48-22-32-55(33-23-48)63(56-34-24-49(25-35-56)46-14-6-2-7-15-46)57-36-28-51(29-37-57)52-30-40-59(41-31-52)64(58-38-26-50(27-39-58)47-16-8-3-9-17-47)60-42-43-62-54(44-60)21-20-53-18-10-11-19-61(53)62/h1-2,4-6,8,10-14,16-22,24-44,48H,3,7,9,15,23H2. The monoisotopic (exact) mass is 822 g/mol. The van der Waals surface area contributed by atoms with E-state index in [9.17, 15) is 0 Å². The first-order valence-electron chi connectivity index (χ1n) is 22.8. The third-order valence-corrected chi connectivity index (χ3v) is 13.1. The average Bonchev–Trinajstić information content (AvgIpc) is 3.38. The van der Waals surface area contributed by atoms with Gasteiger partial charge in [-0.1, -0.05) is 170 Å². The van der Waals surface area contributed by atoms with Gasteiger partial charge < -0.3 is 9.80 Å². The van der Waals surface area contributed by atoms with Crippen LogP contribution >= 0.6 is 0 Å². The fraction of sp³-hybridized carbons (Fsp3) is 0.0968. The van der Waals surface area contributed by atoms with E-state index in [2.05, 4.69) is 246 Å². The second-order valence-corrected chi connectivity index (χ2v) is 17.1. The van der Waals surface area contributed by atoms with Crippen LogP contribution in [0.15, 0.2) is 242 Å². The molecule has 8 aromatic rings. The number of allylic oxidation sites excluding steroid dienone is 11. The molecular formula is C62H50N2. The molecule has 0 aromatic heterocycles. The van der Waals surface area contributed by atoms with Crippen LogP contribution in [-0.2, 0) is 0 Å². The molecule has 3 aliphatic rings. The van der Waals surface area contributed by atoms with Crippen LogP contribution in [0.1, 0.15) is 54.7 Å². The highest BCUT2D eigenvalue weighted by molar-refractivity contribution is 6.08. The van der Waals surface area contributed by atoms with Gasteiger partial charge in [0.1, 0.15) is 0 Å². The lowest BCUT2D eigenvalue weighted by molar-refractivity contribution is 0.840. The summed E-state index contributed by atoms with van der Waals surface area (Å²) in [7, 11) is 0. The Balaban J connectivity index is 0.910. The lowest BCUT2D eigenvalue weighted by atomic mass is 9.91. The van der Waals surface area contributed by atoms with Gasteiger partial charge in [-0.15, -0.1) is 0 Å². The summed E-state index contributed by atoms with van der Waals surface area (Å²) in [5, 5.41) is 5.04. The maximum atomic E-state index is 2.40. The molecule has 0 saturated carbocycles. The van der Waals surface area contributed by atoms with Gasteiger partial charge in [-0.05, 0) is 159 Å². The molecular weight excluding hydrogens is 773 g/mol. The molecule has 0 N–H and O–H groups in total. The minimum absolute atomic E-state index is 0.374. The third-order valence-electron chi connectivity index (χ3n) is 13.1. The number of fused-ring (bicyclic) bond motifs is 3. The fourth-order valence-corrected chi connectivity index (χ4v) is 9.66. The zero-order valence-electron chi connectivity index (χ0n) is 36.0. The summed E-state index contributed by atoms with van der Waals surface area (Å²) in [5.74, 6) is 0.374. The number of hydrogen-bond acceptors (Lipinski definition) is 2. The Morgan fingerprint density at radius 2 is 1.03 bits per heavy atom. The van der Waals surface area contributed by atoms with Crippen molar-refractivity contribution in [2.45, 2.75) is 38.0 Å². The van der Waals surface area contributed by atoms with Gasteiger partial charge in [0, 0.05) is 40.1 Å². The Kier molecular flexibility index (Phi) is 10.8. The smallest absolute Gasteiger partial charge is 0.0468 e. The van der Waals surface area contributed by atoms with E-state index < -0.39 is 0 Å². The molecule has 64 heavy (non-hydrogen) atoms. The fourth-order valence-electron chi connectivity index (χ4n) is 9.66. The van der Waals surface area contributed by atoms with Crippen molar-refractivity contribution in [3.05, 3.63) is 259 Å². The topological polar surface area (TPSA) is 6.48 Å². The Morgan fingerprint density at radius 3 is 1.67 bits per heavy atom. The normalized spacial score (nSPS) is 15.8. The Labute approximate surface area is 377 Å². The van der Waals surface area contributed by atoms with Crippen molar-refractivity contribution in [3.63, 3.8) is 0 Å².